The highest BCUT2D eigenvalue weighted by Crippen LogP contribution is 2.39. The summed E-state index contributed by atoms with van der Waals surface area (Å²) in [5, 5.41) is 15.1. The molecule has 2 atom stereocenters. The highest BCUT2D eigenvalue weighted by Gasteiger charge is 2.29. The first-order valence-electron chi connectivity index (χ1n) is 9.84. The molecule has 0 bridgehead atoms. The van der Waals surface area contributed by atoms with E-state index in [1.165, 1.54) is 0 Å². The van der Waals surface area contributed by atoms with E-state index in [0.29, 0.717) is 23.8 Å². The molecule has 0 amide bonds. The fraction of sp³-hybridized carbons (Fsp3) is 0.208. The second-order valence-corrected chi connectivity index (χ2v) is 8.38. The van der Waals surface area contributed by atoms with E-state index in [4.69, 9.17) is 21.3 Å². The number of rotatable bonds is 5. The molecule has 0 fully saturated rings. The minimum Gasteiger partial charge on any atom is -0.504 e. The summed E-state index contributed by atoms with van der Waals surface area (Å²) in [5.74, 6) is 0.642. The first kappa shape index (κ1) is 20.9. The van der Waals surface area contributed by atoms with Gasteiger partial charge in [0.2, 0.25) is 0 Å². The quantitative estimate of drug-likeness (QED) is 0.438. The summed E-state index contributed by atoms with van der Waals surface area (Å²) in [6.45, 7) is 2.39. The SMILES string of the molecule is CCOc1cccc(C2CC(c3cccc(Br)c3)=NC(c3ccccc3Cl)N2)c1O. The van der Waals surface area contributed by atoms with Crippen LogP contribution in [0.15, 0.2) is 76.2 Å². The van der Waals surface area contributed by atoms with Crippen molar-refractivity contribution in [3.05, 3.63) is 92.9 Å². The fourth-order valence-corrected chi connectivity index (χ4v) is 4.34. The number of nitrogens with zero attached hydrogens (tertiary/aromatic N) is 1. The number of para-hydroxylation sites is 1. The van der Waals surface area contributed by atoms with Crippen molar-refractivity contribution >= 4 is 33.2 Å². The molecular formula is C24H22BrClN2O2. The van der Waals surface area contributed by atoms with Crippen LogP contribution in [0.3, 0.4) is 0 Å². The standard InChI is InChI=1S/C24H22BrClN2O2/c1-2-30-22-12-6-10-18(23(22)29)21-14-20(15-7-5-8-16(25)13-15)27-24(28-21)17-9-3-4-11-19(17)26/h3-13,21,24,28-29H,2,14H2,1H3. The molecule has 6 heteroatoms. The van der Waals surface area contributed by atoms with Crippen molar-refractivity contribution in [3.63, 3.8) is 0 Å². The predicted molar refractivity (Wildman–Crippen MR) is 125 cm³/mol. The lowest BCUT2D eigenvalue weighted by Gasteiger charge is -2.31. The van der Waals surface area contributed by atoms with Crippen molar-refractivity contribution < 1.29 is 9.84 Å². The van der Waals surface area contributed by atoms with Crippen LogP contribution >= 0.6 is 27.5 Å². The minimum atomic E-state index is -0.332. The van der Waals surface area contributed by atoms with Crippen LogP contribution < -0.4 is 10.1 Å². The average molecular weight is 486 g/mol. The Morgan fingerprint density at radius 2 is 1.87 bits per heavy atom. The van der Waals surface area contributed by atoms with Crippen molar-refractivity contribution in [1.82, 2.24) is 5.32 Å². The number of nitrogens with one attached hydrogen (secondary N) is 1. The number of hydrogen-bond donors (Lipinski definition) is 2. The van der Waals surface area contributed by atoms with Gasteiger partial charge in [0.05, 0.1) is 6.61 Å². The third-order valence-electron chi connectivity index (χ3n) is 5.10. The first-order valence-corrected chi connectivity index (χ1v) is 11.0. The largest absolute Gasteiger partial charge is 0.504 e. The number of phenols is 1. The normalized spacial score (nSPS) is 18.7. The van der Waals surface area contributed by atoms with Crippen LogP contribution in [0.2, 0.25) is 5.02 Å². The summed E-state index contributed by atoms with van der Waals surface area (Å²) >= 11 is 10.0. The molecule has 3 aromatic rings. The summed E-state index contributed by atoms with van der Waals surface area (Å²) < 4.78 is 6.58. The molecule has 30 heavy (non-hydrogen) atoms. The fourth-order valence-electron chi connectivity index (χ4n) is 3.70. The van der Waals surface area contributed by atoms with Gasteiger partial charge in [0.25, 0.3) is 0 Å². The van der Waals surface area contributed by atoms with Crippen molar-refractivity contribution in [3.8, 4) is 11.5 Å². The molecular weight excluding hydrogens is 464 g/mol. The molecule has 0 saturated carbocycles. The highest BCUT2D eigenvalue weighted by atomic mass is 79.9. The van der Waals surface area contributed by atoms with E-state index in [2.05, 4.69) is 27.3 Å². The van der Waals surface area contributed by atoms with Crippen LogP contribution in [0.1, 0.15) is 42.2 Å². The summed E-state index contributed by atoms with van der Waals surface area (Å²) in [6, 6.07) is 21.2. The van der Waals surface area contributed by atoms with Crippen molar-refractivity contribution in [2.24, 2.45) is 4.99 Å². The van der Waals surface area contributed by atoms with E-state index >= 15 is 0 Å². The van der Waals surface area contributed by atoms with E-state index in [1.54, 1.807) is 6.07 Å². The Labute approximate surface area is 189 Å². The Hall–Kier alpha value is -2.34. The number of hydrogen-bond acceptors (Lipinski definition) is 4. The van der Waals surface area contributed by atoms with E-state index in [0.717, 1.165) is 26.9 Å². The van der Waals surface area contributed by atoms with Gasteiger partial charge in [-0.3, -0.25) is 10.3 Å². The van der Waals surface area contributed by atoms with Gasteiger partial charge in [-0.1, -0.05) is 70.0 Å². The molecule has 2 unspecified atom stereocenters. The van der Waals surface area contributed by atoms with Gasteiger partial charge in [-0.05, 0) is 36.8 Å². The van der Waals surface area contributed by atoms with Gasteiger partial charge in [-0.2, -0.15) is 0 Å². The lowest BCUT2D eigenvalue weighted by Crippen LogP contribution is -2.33. The lowest BCUT2D eigenvalue weighted by molar-refractivity contribution is 0.313. The van der Waals surface area contributed by atoms with Gasteiger partial charge in [-0.15, -0.1) is 0 Å². The second-order valence-electron chi connectivity index (χ2n) is 7.06. The van der Waals surface area contributed by atoms with Gasteiger partial charge in [0, 0.05) is 38.8 Å². The number of phenolic OH excluding ortho intramolecular Hbond substituents is 1. The highest BCUT2D eigenvalue weighted by molar-refractivity contribution is 9.10. The lowest BCUT2D eigenvalue weighted by atomic mass is 9.93. The van der Waals surface area contributed by atoms with Gasteiger partial charge in [0.15, 0.2) is 11.5 Å². The van der Waals surface area contributed by atoms with Crippen molar-refractivity contribution in [1.29, 1.82) is 0 Å². The van der Waals surface area contributed by atoms with Crippen LogP contribution in [0.4, 0.5) is 0 Å². The average Bonchev–Trinajstić information content (AvgIpc) is 2.75. The third-order valence-corrected chi connectivity index (χ3v) is 5.94. The third kappa shape index (κ3) is 4.38. The maximum Gasteiger partial charge on any atom is 0.162 e. The maximum atomic E-state index is 10.8. The number of aromatic hydroxyl groups is 1. The van der Waals surface area contributed by atoms with Crippen LogP contribution in [-0.4, -0.2) is 17.4 Å². The second kappa shape index (κ2) is 9.21. The predicted octanol–water partition coefficient (Wildman–Crippen LogP) is 6.43. The molecule has 4 nitrogen and oxygen atoms in total. The van der Waals surface area contributed by atoms with Crippen molar-refractivity contribution in [2.75, 3.05) is 6.61 Å². The molecule has 0 aliphatic carbocycles. The zero-order chi connectivity index (χ0) is 21.1. The summed E-state index contributed by atoms with van der Waals surface area (Å²) in [7, 11) is 0. The Kier molecular flexibility index (Phi) is 6.42. The smallest absolute Gasteiger partial charge is 0.162 e. The number of halogens is 2. The van der Waals surface area contributed by atoms with E-state index in [-0.39, 0.29) is 18.0 Å². The first-order chi connectivity index (χ1) is 14.6. The summed E-state index contributed by atoms with van der Waals surface area (Å²) in [6.07, 6.45) is 0.294. The molecule has 0 radical (unpaired) electrons. The van der Waals surface area contributed by atoms with E-state index in [9.17, 15) is 5.11 Å². The number of aliphatic imine (C=N–C) groups is 1. The van der Waals surface area contributed by atoms with Crippen LogP contribution in [-0.2, 0) is 0 Å². The summed E-state index contributed by atoms with van der Waals surface area (Å²) in [5.41, 5.74) is 3.66. The zero-order valence-corrected chi connectivity index (χ0v) is 18.8. The van der Waals surface area contributed by atoms with E-state index < -0.39 is 0 Å². The molecule has 0 spiro atoms. The monoisotopic (exact) mass is 484 g/mol. The summed E-state index contributed by atoms with van der Waals surface area (Å²) in [4.78, 5) is 4.98. The molecule has 3 aromatic carbocycles. The van der Waals surface area contributed by atoms with Crippen LogP contribution in [0.5, 0.6) is 11.5 Å². The van der Waals surface area contributed by atoms with Crippen molar-refractivity contribution in [2.45, 2.75) is 25.6 Å². The molecule has 154 valence electrons. The zero-order valence-electron chi connectivity index (χ0n) is 16.5. The Morgan fingerprint density at radius 3 is 2.63 bits per heavy atom. The van der Waals surface area contributed by atoms with Crippen LogP contribution in [0, 0.1) is 0 Å². The Balaban J connectivity index is 1.78. The minimum absolute atomic E-state index is 0.154. The van der Waals surface area contributed by atoms with Gasteiger partial charge in [0.1, 0.15) is 6.17 Å². The van der Waals surface area contributed by atoms with Gasteiger partial charge < -0.3 is 9.84 Å². The molecule has 1 aliphatic heterocycles. The molecule has 4 rings (SSSR count). The Morgan fingerprint density at radius 1 is 1.10 bits per heavy atom. The van der Waals surface area contributed by atoms with E-state index in [1.807, 2.05) is 61.5 Å². The van der Waals surface area contributed by atoms with Gasteiger partial charge in [-0.25, -0.2) is 0 Å². The number of ether oxygens (including phenoxy) is 1. The molecule has 0 saturated heterocycles. The molecule has 1 aliphatic rings. The van der Waals surface area contributed by atoms with Crippen LogP contribution in [0.25, 0.3) is 0 Å². The molecule has 1 heterocycles. The number of benzene rings is 3. The molecule has 2 N–H and O–H groups in total. The Bertz CT molecular complexity index is 1090. The topological polar surface area (TPSA) is 53.8 Å². The molecule has 0 aromatic heterocycles. The maximum absolute atomic E-state index is 10.8. The van der Waals surface area contributed by atoms with Gasteiger partial charge >= 0.3 is 0 Å².